The molecule has 0 amide bonds. The number of pyridine rings is 1. The molecule has 0 saturated heterocycles. The summed E-state index contributed by atoms with van der Waals surface area (Å²) in [4.78, 5) is 15.9. The largest absolute Gasteiger partial charge is 0.478 e. The van der Waals surface area contributed by atoms with Gasteiger partial charge in [0.15, 0.2) is 0 Å². The molecule has 3 aromatic rings. The van der Waals surface area contributed by atoms with Crippen molar-refractivity contribution >= 4 is 16.9 Å². The summed E-state index contributed by atoms with van der Waals surface area (Å²) in [6, 6.07) is 7.89. The second-order valence-electron chi connectivity index (χ2n) is 5.46. The molecule has 1 aromatic heterocycles. The second kappa shape index (κ2) is 5.43. The molecule has 5 heteroatoms. The van der Waals surface area contributed by atoms with Gasteiger partial charge in [0.1, 0.15) is 11.6 Å². The standard InChI is InChI=1S/C18H13F2NO2/c1-9-5-10(2)17-13(18(22)23)8-15(21-16(17)6-9)12-7-11(19)3-4-14(12)20/h3-8H,1-2H3,(H,22,23). The van der Waals surface area contributed by atoms with Gasteiger partial charge in [-0.25, -0.2) is 18.6 Å². The lowest BCUT2D eigenvalue weighted by Crippen LogP contribution is -2.02. The number of aryl methyl sites for hydroxylation is 2. The molecule has 0 radical (unpaired) electrons. The lowest BCUT2D eigenvalue weighted by atomic mass is 9.99. The van der Waals surface area contributed by atoms with Gasteiger partial charge in [-0.05, 0) is 55.3 Å². The lowest BCUT2D eigenvalue weighted by molar-refractivity contribution is 0.0699. The molecular weight excluding hydrogens is 300 g/mol. The van der Waals surface area contributed by atoms with Crippen molar-refractivity contribution in [3.63, 3.8) is 0 Å². The van der Waals surface area contributed by atoms with Crippen LogP contribution in [0, 0.1) is 25.5 Å². The Morgan fingerprint density at radius 1 is 1.09 bits per heavy atom. The number of nitrogens with zero attached hydrogens (tertiary/aromatic N) is 1. The van der Waals surface area contributed by atoms with Crippen molar-refractivity contribution in [3.8, 4) is 11.3 Å². The molecule has 0 spiro atoms. The fourth-order valence-corrected chi connectivity index (χ4v) is 2.76. The van der Waals surface area contributed by atoms with Crippen LogP contribution in [0.1, 0.15) is 21.5 Å². The van der Waals surface area contributed by atoms with E-state index in [9.17, 15) is 18.7 Å². The number of halogens is 2. The number of hydrogen-bond acceptors (Lipinski definition) is 2. The molecule has 3 nitrogen and oxygen atoms in total. The topological polar surface area (TPSA) is 50.2 Å². The van der Waals surface area contributed by atoms with Gasteiger partial charge in [-0.1, -0.05) is 6.07 Å². The van der Waals surface area contributed by atoms with E-state index in [0.29, 0.717) is 10.9 Å². The van der Waals surface area contributed by atoms with Crippen LogP contribution in [-0.2, 0) is 0 Å². The number of carboxylic acid groups (broad SMARTS) is 1. The fraction of sp³-hybridized carbons (Fsp3) is 0.111. The number of aromatic carboxylic acids is 1. The van der Waals surface area contributed by atoms with Crippen LogP contribution >= 0.6 is 0 Å². The zero-order chi connectivity index (χ0) is 16.7. The summed E-state index contributed by atoms with van der Waals surface area (Å²) in [5.41, 5.74) is 2.18. The molecule has 2 aromatic carbocycles. The summed E-state index contributed by atoms with van der Waals surface area (Å²) in [6.45, 7) is 3.66. The average molecular weight is 313 g/mol. The van der Waals surface area contributed by atoms with Crippen molar-refractivity contribution in [1.82, 2.24) is 4.98 Å². The quantitative estimate of drug-likeness (QED) is 0.758. The van der Waals surface area contributed by atoms with Crippen molar-refractivity contribution < 1.29 is 18.7 Å². The van der Waals surface area contributed by atoms with E-state index in [0.717, 1.165) is 29.3 Å². The number of benzene rings is 2. The predicted molar refractivity (Wildman–Crippen MR) is 83.5 cm³/mol. The van der Waals surface area contributed by atoms with Gasteiger partial charge in [0, 0.05) is 10.9 Å². The zero-order valence-corrected chi connectivity index (χ0v) is 12.5. The Hall–Kier alpha value is -2.82. The fourth-order valence-electron chi connectivity index (χ4n) is 2.76. The summed E-state index contributed by atoms with van der Waals surface area (Å²) in [7, 11) is 0. The number of carbonyl (C=O) groups is 1. The van der Waals surface area contributed by atoms with Crippen LogP contribution in [-0.4, -0.2) is 16.1 Å². The Morgan fingerprint density at radius 3 is 2.52 bits per heavy atom. The maximum atomic E-state index is 14.0. The number of rotatable bonds is 2. The smallest absolute Gasteiger partial charge is 0.336 e. The van der Waals surface area contributed by atoms with Crippen molar-refractivity contribution in [2.24, 2.45) is 0 Å². The number of carboxylic acids is 1. The van der Waals surface area contributed by atoms with E-state index in [1.165, 1.54) is 6.07 Å². The van der Waals surface area contributed by atoms with Gasteiger partial charge in [0.25, 0.3) is 0 Å². The molecule has 0 fully saturated rings. The number of hydrogen-bond donors (Lipinski definition) is 1. The molecule has 116 valence electrons. The van der Waals surface area contributed by atoms with E-state index in [1.807, 2.05) is 13.0 Å². The van der Waals surface area contributed by atoms with Crippen LogP contribution in [0.2, 0.25) is 0 Å². The first-order chi connectivity index (χ1) is 10.9. The van der Waals surface area contributed by atoms with E-state index >= 15 is 0 Å². The summed E-state index contributed by atoms with van der Waals surface area (Å²) >= 11 is 0. The van der Waals surface area contributed by atoms with Crippen molar-refractivity contribution in [2.45, 2.75) is 13.8 Å². The van der Waals surface area contributed by atoms with E-state index < -0.39 is 17.6 Å². The summed E-state index contributed by atoms with van der Waals surface area (Å²) in [5.74, 6) is -2.40. The molecule has 0 atom stereocenters. The Labute approximate surface area is 131 Å². The average Bonchev–Trinajstić information content (AvgIpc) is 2.48. The molecule has 23 heavy (non-hydrogen) atoms. The Balaban J connectivity index is 2.40. The molecule has 1 N–H and O–H groups in total. The Kier molecular flexibility index (Phi) is 3.56. The molecule has 1 heterocycles. The maximum Gasteiger partial charge on any atom is 0.336 e. The summed E-state index contributed by atoms with van der Waals surface area (Å²) < 4.78 is 27.4. The second-order valence-corrected chi connectivity index (χ2v) is 5.46. The van der Waals surface area contributed by atoms with Crippen LogP contribution in [0.5, 0.6) is 0 Å². The molecule has 0 unspecified atom stereocenters. The van der Waals surface area contributed by atoms with Crippen LogP contribution < -0.4 is 0 Å². The Morgan fingerprint density at radius 2 is 1.83 bits per heavy atom. The first kappa shape index (κ1) is 15.1. The predicted octanol–water partition coefficient (Wildman–Crippen LogP) is 4.50. The van der Waals surface area contributed by atoms with E-state index in [4.69, 9.17) is 0 Å². The van der Waals surface area contributed by atoms with E-state index in [2.05, 4.69) is 4.98 Å². The minimum Gasteiger partial charge on any atom is -0.478 e. The van der Waals surface area contributed by atoms with Gasteiger partial charge in [-0.3, -0.25) is 0 Å². The molecule has 0 saturated carbocycles. The summed E-state index contributed by atoms with van der Waals surface area (Å²) in [5, 5.41) is 9.98. The monoisotopic (exact) mass is 313 g/mol. The lowest BCUT2D eigenvalue weighted by Gasteiger charge is -2.11. The first-order valence-electron chi connectivity index (χ1n) is 6.97. The normalized spacial score (nSPS) is 11.0. The highest BCUT2D eigenvalue weighted by atomic mass is 19.1. The summed E-state index contributed by atoms with van der Waals surface area (Å²) in [6.07, 6.45) is 0. The highest BCUT2D eigenvalue weighted by molar-refractivity contribution is 6.05. The molecule has 0 aliphatic rings. The minimum absolute atomic E-state index is 0.0196. The highest BCUT2D eigenvalue weighted by Crippen LogP contribution is 2.29. The van der Waals surface area contributed by atoms with E-state index in [-0.39, 0.29) is 16.8 Å². The first-order valence-corrected chi connectivity index (χ1v) is 6.97. The molecule has 0 aliphatic heterocycles. The third-order valence-electron chi connectivity index (χ3n) is 3.69. The molecule has 0 aliphatic carbocycles. The molecule has 0 bridgehead atoms. The Bertz CT molecular complexity index is 951. The van der Waals surface area contributed by atoms with Crippen LogP contribution in [0.15, 0.2) is 36.4 Å². The zero-order valence-electron chi connectivity index (χ0n) is 12.5. The van der Waals surface area contributed by atoms with Crippen molar-refractivity contribution in [1.29, 1.82) is 0 Å². The van der Waals surface area contributed by atoms with Gasteiger partial charge in [0.2, 0.25) is 0 Å². The SMILES string of the molecule is Cc1cc(C)c2c(C(=O)O)cc(-c3cc(F)ccc3F)nc2c1. The van der Waals surface area contributed by atoms with Gasteiger partial charge >= 0.3 is 5.97 Å². The molecule has 3 rings (SSSR count). The molecular formula is C18H13F2NO2. The van der Waals surface area contributed by atoms with Gasteiger partial charge in [-0.15, -0.1) is 0 Å². The van der Waals surface area contributed by atoms with Crippen LogP contribution in [0.25, 0.3) is 22.2 Å². The van der Waals surface area contributed by atoms with Crippen LogP contribution in [0.3, 0.4) is 0 Å². The van der Waals surface area contributed by atoms with Gasteiger partial charge in [-0.2, -0.15) is 0 Å². The van der Waals surface area contributed by atoms with Gasteiger partial charge < -0.3 is 5.11 Å². The van der Waals surface area contributed by atoms with Crippen LogP contribution in [0.4, 0.5) is 8.78 Å². The third kappa shape index (κ3) is 2.65. The van der Waals surface area contributed by atoms with Gasteiger partial charge in [0.05, 0.1) is 16.8 Å². The van der Waals surface area contributed by atoms with E-state index in [1.54, 1.807) is 13.0 Å². The highest BCUT2D eigenvalue weighted by Gasteiger charge is 2.17. The minimum atomic E-state index is -1.14. The van der Waals surface area contributed by atoms with Crippen molar-refractivity contribution in [2.75, 3.05) is 0 Å². The van der Waals surface area contributed by atoms with Crippen molar-refractivity contribution in [3.05, 3.63) is 64.7 Å². The maximum absolute atomic E-state index is 14.0. The number of aromatic nitrogens is 1. The number of fused-ring (bicyclic) bond motifs is 1. The third-order valence-corrected chi connectivity index (χ3v) is 3.69.